The molecule has 6 nitrogen and oxygen atoms in total. The van der Waals surface area contributed by atoms with Gasteiger partial charge in [-0.15, -0.1) is 5.10 Å². The molecule has 0 spiro atoms. The Labute approximate surface area is 143 Å². The van der Waals surface area contributed by atoms with Gasteiger partial charge in [-0.2, -0.15) is 0 Å². The Morgan fingerprint density at radius 2 is 2.08 bits per heavy atom. The van der Waals surface area contributed by atoms with Gasteiger partial charge >= 0.3 is 0 Å². The van der Waals surface area contributed by atoms with E-state index in [9.17, 15) is 0 Å². The number of hydrogen-bond donors (Lipinski definition) is 0. The van der Waals surface area contributed by atoms with Crippen molar-refractivity contribution in [3.63, 3.8) is 0 Å². The lowest BCUT2D eigenvalue weighted by Crippen LogP contribution is -2.09. The van der Waals surface area contributed by atoms with Crippen LogP contribution in [0.15, 0.2) is 54.7 Å². The molecule has 2 aromatic carbocycles. The molecule has 0 radical (unpaired) electrons. The van der Waals surface area contributed by atoms with Gasteiger partial charge in [0.1, 0.15) is 29.3 Å². The van der Waals surface area contributed by atoms with Crippen LogP contribution in [0.25, 0.3) is 27.8 Å². The van der Waals surface area contributed by atoms with Crippen LogP contribution in [0.1, 0.15) is 5.69 Å². The van der Waals surface area contributed by atoms with E-state index in [1.54, 1.807) is 13.3 Å². The first kappa shape index (κ1) is 14.0. The van der Waals surface area contributed by atoms with E-state index in [2.05, 4.69) is 15.3 Å². The number of aromatic nitrogens is 4. The minimum atomic E-state index is 0.377. The number of pyridine rings is 1. The minimum absolute atomic E-state index is 0.377. The molecule has 1 aliphatic heterocycles. The molecule has 0 N–H and O–H groups in total. The van der Waals surface area contributed by atoms with E-state index >= 15 is 0 Å². The van der Waals surface area contributed by atoms with Crippen molar-refractivity contribution in [3.05, 3.63) is 60.4 Å². The van der Waals surface area contributed by atoms with E-state index in [0.717, 1.165) is 45.0 Å². The molecule has 0 unspecified atom stereocenters. The zero-order valence-corrected chi connectivity index (χ0v) is 13.5. The fourth-order valence-corrected chi connectivity index (χ4v) is 3.19. The van der Waals surface area contributed by atoms with Crippen LogP contribution in [-0.2, 0) is 6.61 Å². The summed E-state index contributed by atoms with van der Waals surface area (Å²) in [5.74, 6) is 1.55. The summed E-state index contributed by atoms with van der Waals surface area (Å²) in [6.07, 6.45) is 1.78. The van der Waals surface area contributed by atoms with E-state index in [4.69, 9.17) is 9.47 Å². The van der Waals surface area contributed by atoms with E-state index in [1.165, 1.54) is 0 Å². The predicted molar refractivity (Wildman–Crippen MR) is 93.0 cm³/mol. The van der Waals surface area contributed by atoms with Crippen molar-refractivity contribution in [2.75, 3.05) is 7.11 Å². The van der Waals surface area contributed by atoms with E-state index in [-0.39, 0.29) is 0 Å². The summed E-state index contributed by atoms with van der Waals surface area (Å²) in [6.45, 7) is 0.377. The second-order valence-electron chi connectivity index (χ2n) is 5.80. The third kappa shape index (κ3) is 2.07. The molecule has 25 heavy (non-hydrogen) atoms. The Balaban J connectivity index is 1.76. The summed E-state index contributed by atoms with van der Waals surface area (Å²) in [5, 5.41) is 9.67. The highest BCUT2D eigenvalue weighted by Gasteiger charge is 2.26. The Hall–Kier alpha value is -3.41. The number of benzene rings is 2. The highest BCUT2D eigenvalue weighted by molar-refractivity contribution is 5.92. The molecule has 5 rings (SSSR count). The monoisotopic (exact) mass is 330 g/mol. The molecule has 0 amide bonds. The Bertz CT molecular complexity index is 1100. The van der Waals surface area contributed by atoms with Crippen LogP contribution in [0.2, 0.25) is 0 Å². The van der Waals surface area contributed by atoms with E-state index < -0.39 is 0 Å². The van der Waals surface area contributed by atoms with Crippen molar-refractivity contribution in [1.82, 2.24) is 20.0 Å². The van der Waals surface area contributed by atoms with Crippen molar-refractivity contribution in [1.29, 1.82) is 0 Å². The van der Waals surface area contributed by atoms with Crippen LogP contribution < -0.4 is 9.47 Å². The maximum absolute atomic E-state index is 5.95. The molecule has 1 aliphatic rings. The Kier molecular flexibility index (Phi) is 2.97. The third-order valence-electron chi connectivity index (χ3n) is 4.37. The first-order valence-electron chi connectivity index (χ1n) is 7.95. The van der Waals surface area contributed by atoms with Gasteiger partial charge in [0.2, 0.25) is 0 Å². The van der Waals surface area contributed by atoms with Gasteiger partial charge in [-0.1, -0.05) is 23.4 Å². The second-order valence-corrected chi connectivity index (χ2v) is 5.80. The number of ether oxygens (including phenoxy) is 2. The van der Waals surface area contributed by atoms with Gasteiger partial charge in [0.05, 0.1) is 12.8 Å². The summed E-state index contributed by atoms with van der Waals surface area (Å²) in [4.78, 5) is 4.49. The zero-order chi connectivity index (χ0) is 16.8. The number of fused-ring (bicyclic) bond motifs is 5. The van der Waals surface area contributed by atoms with Gasteiger partial charge in [-0.05, 0) is 24.3 Å². The van der Waals surface area contributed by atoms with E-state index in [0.29, 0.717) is 6.61 Å². The van der Waals surface area contributed by atoms with Gasteiger partial charge < -0.3 is 9.47 Å². The van der Waals surface area contributed by atoms with Crippen LogP contribution in [0, 0.1) is 0 Å². The number of nitrogens with zero attached hydrogens (tertiary/aromatic N) is 4. The van der Waals surface area contributed by atoms with Gasteiger partial charge in [-0.3, -0.25) is 4.98 Å². The van der Waals surface area contributed by atoms with Crippen molar-refractivity contribution in [2.24, 2.45) is 0 Å². The Morgan fingerprint density at radius 3 is 3.00 bits per heavy atom. The van der Waals surface area contributed by atoms with Crippen molar-refractivity contribution >= 4 is 10.9 Å². The number of hydrogen-bond acceptors (Lipinski definition) is 5. The average Bonchev–Trinajstić information content (AvgIpc) is 3.12. The average molecular weight is 330 g/mol. The summed E-state index contributed by atoms with van der Waals surface area (Å²) >= 11 is 0. The van der Waals surface area contributed by atoms with Crippen molar-refractivity contribution in [3.8, 4) is 28.4 Å². The number of methoxy groups -OCH3 is 1. The lowest BCUT2D eigenvalue weighted by molar-refractivity contribution is 0.300. The highest BCUT2D eigenvalue weighted by atomic mass is 16.5. The van der Waals surface area contributed by atoms with Gasteiger partial charge in [-0.25, -0.2) is 4.68 Å². The van der Waals surface area contributed by atoms with Gasteiger partial charge in [0.25, 0.3) is 0 Å². The predicted octanol–water partition coefficient (Wildman–Crippen LogP) is 3.38. The second kappa shape index (κ2) is 5.31. The van der Waals surface area contributed by atoms with E-state index in [1.807, 2.05) is 53.2 Å². The molecule has 0 aliphatic carbocycles. The lowest BCUT2D eigenvalue weighted by Gasteiger charge is -2.19. The van der Waals surface area contributed by atoms with Crippen LogP contribution in [0.4, 0.5) is 0 Å². The van der Waals surface area contributed by atoms with Gasteiger partial charge in [0, 0.05) is 23.2 Å². The summed E-state index contributed by atoms with van der Waals surface area (Å²) in [7, 11) is 1.65. The molecule has 3 heterocycles. The number of rotatable bonds is 2. The maximum Gasteiger partial charge on any atom is 0.155 e. The molecule has 0 bridgehead atoms. The summed E-state index contributed by atoms with van der Waals surface area (Å²) in [6, 6.07) is 15.8. The standard InChI is InChI=1S/C19H14N4O2/c1-24-14-6-2-5-13(10-14)23-18-15-8-7-12-4-3-9-20-17(12)19(15)25-11-16(18)21-22-23/h2-10H,11H2,1H3. The van der Waals surface area contributed by atoms with Crippen LogP contribution in [0.3, 0.4) is 0 Å². The van der Waals surface area contributed by atoms with Crippen LogP contribution >= 0.6 is 0 Å². The molecule has 122 valence electrons. The minimum Gasteiger partial charge on any atom is -0.497 e. The molecule has 6 heteroatoms. The van der Waals surface area contributed by atoms with Crippen LogP contribution in [-0.4, -0.2) is 27.1 Å². The molecular weight excluding hydrogens is 316 g/mol. The molecule has 2 aromatic heterocycles. The fraction of sp³-hybridized carbons (Fsp3) is 0.105. The molecule has 0 atom stereocenters. The largest absolute Gasteiger partial charge is 0.497 e. The Morgan fingerprint density at radius 1 is 1.12 bits per heavy atom. The highest BCUT2D eigenvalue weighted by Crippen LogP contribution is 2.41. The lowest BCUT2D eigenvalue weighted by atomic mass is 10.0. The molecular formula is C19H14N4O2. The summed E-state index contributed by atoms with van der Waals surface area (Å²) < 4.78 is 13.1. The third-order valence-corrected chi connectivity index (χ3v) is 4.37. The SMILES string of the molecule is COc1cccc(-n2nnc3c2-c2ccc4cccnc4c2OC3)c1. The topological polar surface area (TPSA) is 62.1 Å². The summed E-state index contributed by atoms with van der Waals surface area (Å²) in [5.41, 5.74) is 4.43. The van der Waals surface area contributed by atoms with Gasteiger partial charge in [0.15, 0.2) is 5.75 Å². The van der Waals surface area contributed by atoms with Crippen molar-refractivity contribution < 1.29 is 9.47 Å². The maximum atomic E-state index is 5.95. The molecule has 0 saturated heterocycles. The molecule has 0 fully saturated rings. The quantitative estimate of drug-likeness (QED) is 0.564. The molecule has 4 aromatic rings. The fourth-order valence-electron chi connectivity index (χ4n) is 3.19. The van der Waals surface area contributed by atoms with Crippen molar-refractivity contribution in [2.45, 2.75) is 6.61 Å². The first-order valence-corrected chi connectivity index (χ1v) is 7.95. The van der Waals surface area contributed by atoms with Crippen LogP contribution in [0.5, 0.6) is 11.5 Å². The molecule has 0 saturated carbocycles. The normalized spacial score (nSPS) is 12.4. The first-order chi connectivity index (χ1) is 12.3. The zero-order valence-electron chi connectivity index (χ0n) is 13.5. The smallest absolute Gasteiger partial charge is 0.155 e.